The van der Waals surface area contributed by atoms with Gasteiger partial charge in [-0.1, -0.05) is 30.3 Å². The summed E-state index contributed by atoms with van der Waals surface area (Å²) in [6.45, 7) is 0.262. The first-order chi connectivity index (χ1) is 9.00. The summed E-state index contributed by atoms with van der Waals surface area (Å²) in [5.74, 6) is -1.09. The Morgan fingerprint density at radius 1 is 1.32 bits per heavy atom. The minimum Gasteiger partial charge on any atom is -0.480 e. The van der Waals surface area contributed by atoms with Gasteiger partial charge in [-0.05, 0) is 24.5 Å². The van der Waals surface area contributed by atoms with Gasteiger partial charge in [-0.15, -0.1) is 0 Å². The molecule has 1 saturated heterocycles. The van der Waals surface area contributed by atoms with Crippen LogP contribution in [0.2, 0.25) is 0 Å². The molecular formula is C13H15NO4S. The number of nitrogens with zero attached hydrogens (tertiary/aromatic N) is 1. The number of hydrogen-bond acceptors (Lipinski definition) is 3. The van der Waals surface area contributed by atoms with Gasteiger partial charge in [-0.2, -0.15) is 4.31 Å². The van der Waals surface area contributed by atoms with E-state index >= 15 is 0 Å². The topological polar surface area (TPSA) is 74.7 Å². The SMILES string of the molecule is O=C(O)[C@H]1CCCN1S(=O)(=O)C=Cc1ccccc1. The van der Waals surface area contributed by atoms with Crippen LogP contribution < -0.4 is 0 Å². The molecular weight excluding hydrogens is 266 g/mol. The van der Waals surface area contributed by atoms with Crippen LogP contribution in [0.1, 0.15) is 18.4 Å². The molecule has 0 spiro atoms. The normalized spacial score (nSPS) is 20.9. The van der Waals surface area contributed by atoms with Crippen LogP contribution in [0, 0.1) is 0 Å². The molecule has 6 heteroatoms. The highest BCUT2D eigenvalue weighted by molar-refractivity contribution is 7.92. The molecule has 1 heterocycles. The minimum atomic E-state index is -3.68. The molecule has 0 bridgehead atoms. The van der Waals surface area contributed by atoms with Crippen molar-refractivity contribution in [3.63, 3.8) is 0 Å². The summed E-state index contributed by atoms with van der Waals surface area (Å²) in [5, 5.41) is 10.1. The van der Waals surface area contributed by atoms with E-state index in [1.54, 1.807) is 12.1 Å². The molecule has 1 fully saturated rings. The van der Waals surface area contributed by atoms with Crippen molar-refractivity contribution in [1.82, 2.24) is 4.31 Å². The highest BCUT2D eigenvalue weighted by Crippen LogP contribution is 2.22. The van der Waals surface area contributed by atoms with Gasteiger partial charge in [-0.3, -0.25) is 4.79 Å². The number of carboxylic acid groups (broad SMARTS) is 1. The van der Waals surface area contributed by atoms with Gasteiger partial charge in [0.25, 0.3) is 0 Å². The van der Waals surface area contributed by atoms with Crippen LogP contribution in [0.5, 0.6) is 0 Å². The van der Waals surface area contributed by atoms with E-state index < -0.39 is 22.0 Å². The summed E-state index contributed by atoms with van der Waals surface area (Å²) in [6, 6.07) is 8.08. The zero-order valence-electron chi connectivity index (χ0n) is 10.3. The number of benzene rings is 1. The Hall–Kier alpha value is -1.66. The second-order valence-electron chi connectivity index (χ2n) is 4.37. The first-order valence-electron chi connectivity index (χ1n) is 5.98. The average Bonchev–Trinajstić information content (AvgIpc) is 2.88. The van der Waals surface area contributed by atoms with Crippen molar-refractivity contribution < 1.29 is 18.3 Å². The lowest BCUT2D eigenvalue weighted by molar-refractivity contribution is -0.140. The predicted molar refractivity (Wildman–Crippen MR) is 71.8 cm³/mol. The van der Waals surface area contributed by atoms with Gasteiger partial charge >= 0.3 is 5.97 Å². The summed E-state index contributed by atoms with van der Waals surface area (Å²) in [5.41, 5.74) is 0.761. The zero-order chi connectivity index (χ0) is 13.9. The summed E-state index contributed by atoms with van der Waals surface area (Å²) in [6.07, 6.45) is 2.43. The van der Waals surface area contributed by atoms with Crippen LogP contribution in [0.25, 0.3) is 6.08 Å². The van der Waals surface area contributed by atoms with Crippen molar-refractivity contribution in [2.75, 3.05) is 6.54 Å². The number of sulfonamides is 1. The molecule has 1 aromatic carbocycles. The predicted octanol–water partition coefficient (Wildman–Crippen LogP) is 1.54. The van der Waals surface area contributed by atoms with Crippen molar-refractivity contribution in [3.8, 4) is 0 Å². The maximum atomic E-state index is 12.1. The number of aliphatic carboxylic acids is 1. The molecule has 1 atom stereocenters. The number of hydrogen-bond donors (Lipinski definition) is 1. The quantitative estimate of drug-likeness (QED) is 0.908. The molecule has 0 aliphatic carbocycles. The molecule has 2 rings (SSSR count). The fourth-order valence-electron chi connectivity index (χ4n) is 2.10. The maximum absolute atomic E-state index is 12.1. The zero-order valence-corrected chi connectivity index (χ0v) is 11.1. The molecule has 1 aliphatic heterocycles. The Balaban J connectivity index is 2.19. The molecule has 0 aromatic heterocycles. The van der Waals surface area contributed by atoms with Gasteiger partial charge in [0, 0.05) is 12.0 Å². The number of rotatable bonds is 4. The van der Waals surface area contributed by atoms with Crippen LogP contribution in [-0.2, 0) is 14.8 Å². The first-order valence-corrected chi connectivity index (χ1v) is 7.49. The summed E-state index contributed by atoms with van der Waals surface area (Å²) < 4.78 is 25.2. The van der Waals surface area contributed by atoms with Gasteiger partial charge < -0.3 is 5.11 Å². The van der Waals surface area contributed by atoms with Gasteiger partial charge in [0.15, 0.2) is 0 Å². The second kappa shape index (κ2) is 5.54. The Morgan fingerprint density at radius 3 is 2.63 bits per heavy atom. The van der Waals surface area contributed by atoms with Crippen LogP contribution in [0.3, 0.4) is 0 Å². The Bertz CT molecular complexity index is 580. The maximum Gasteiger partial charge on any atom is 0.322 e. The fourth-order valence-corrected chi connectivity index (χ4v) is 3.52. The lowest BCUT2D eigenvalue weighted by Crippen LogP contribution is -2.39. The first kappa shape index (κ1) is 13.8. The van der Waals surface area contributed by atoms with Gasteiger partial charge in [-0.25, -0.2) is 8.42 Å². The van der Waals surface area contributed by atoms with E-state index in [0.29, 0.717) is 12.8 Å². The van der Waals surface area contributed by atoms with Gasteiger partial charge in [0.2, 0.25) is 10.0 Å². The molecule has 0 amide bonds. The molecule has 0 saturated carbocycles. The third kappa shape index (κ3) is 3.21. The highest BCUT2D eigenvalue weighted by Gasteiger charge is 2.37. The van der Waals surface area contributed by atoms with E-state index in [1.807, 2.05) is 18.2 Å². The third-order valence-corrected chi connectivity index (χ3v) is 4.62. The molecule has 1 aliphatic rings. The van der Waals surface area contributed by atoms with E-state index in [-0.39, 0.29) is 6.54 Å². The Labute approximate surface area is 112 Å². The Morgan fingerprint density at radius 2 is 2.00 bits per heavy atom. The van der Waals surface area contributed by atoms with Crippen molar-refractivity contribution in [3.05, 3.63) is 41.3 Å². The van der Waals surface area contributed by atoms with E-state index in [4.69, 9.17) is 5.11 Å². The summed E-state index contributed by atoms with van der Waals surface area (Å²) in [7, 11) is -3.68. The van der Waals surface area contributed by atoms with Gasteiger partial charge in [0.1, 0.15) is 6.04 Å². The number of carboxylic acids is 1. The third-order valence-electron chi connectivity index (χ3n) is 3.05. The summed E-state index contributed by atoms with van der Waals surface area (Å²) >= 11 is 0. The van der Waals surface area contributed by atoms with Crippen LogP contribution in [0.4, 0.5) is 0 Å². The highest BCUT2D eigenvalue weighted by atomic mass is 32.2. The van der Waals surface area contributed by atoms with Crippen LogP contribution in [0.15, 0.2) is 35.7 Å². The fraction of sp³-hybridized carbons (Fsp3) is 0.308. The van der Waals surface area contributed by atoms with Crippen molar-refractivity contribution >= 4 is 22.1 Å². The second-order valence-corrected chi connectivity index (χ2v) is 6.14. The average molecular weight is 281 g/mol. The molecule has 1 aromatic rings. The van der Waals surface area contributed by atoms with E-state index in [2.05, 4.69) is 0 Å². The molecule has 102 valence electrons. The molecule has 0 radical (unpaired) electrons. The van der Waals surface area contributed by atoms with E-state index in [9.17, 15) is 13.2 Å². The lowest BCUT2D eigenvalue weighted by Gasteiger charge is -2.18. The smallest absolute Gasteiger partial charge is 0.322 e. The van der Waals surface area contributed by atoms with Gasteiger partial charge in [0.05, 0.1) is 0 Å². The molecule has 5 nitrogen and oxygen atoms in total. The monoisotopic (exact) mass is 281 g/mol. The molecule has 0 unspecified atom stereocenters. The standard InChI is InChI=1S/C13H15NO4S/c15-13(16)12-7-4-9-14(12)19(17,18)10-8-11-5-2-1-3-6-11/h1-3,5-6,8,10,12H,4,7,9H2,(H,15,16)/t12-/m1/s1. The minimum absolute atomic E-state index is 0.262. The van der Waals surface area contributed by atoms with E-state index in [0.717, 1.165) is 15.3 Å². The van der Waals surface area contributed by atoms with Crippen LogP contribution >= 0.6 is 0 Å². The molecule has 19 heavy (non-hydrogen) atoms. The van der Waals surface area contributed by atoms with E-state index in [1.165, 1.54) is 6.08 Å². The van der Waals surface area contributed by atoms with Crippen LogP contribution in [-0.4, -0.2) is 36.4 Å². The number of carbonyl (C=O) groups is 1. The summed E-state index contributed by atoms with van der Waals surface area (Å²) in [4.78, 5) is 11.0. The lowest BCUT2D eigenvalue weighted by atomic mass is 10.2. The largest absolute Gasteiger partial charge is 0.480 e. The van der Waals surface area contributed by atoms with Crippen molar-refractivity contribution in [1.29, 1.82) is 0 Å². The van der Waals surface area contributed by atoms with Crippen molar-refractivity contribution in [2.24, 2.45) is 0 Å². The Kier molecular flexibility index (Phi) is 4.01. The molecule has 1 N–H and O–H groups in total. The van der Waals surface area contributed by atoms with Crippen molar-refractivity contribution in [2.45, 2.75) is 18.9 Å².